The zero-order valence-corrected chi connectivity index (χ0v) is 23.6. The molecule has 0 fully saturated rings. The summed E-state index contributed by atoms with van der Waals surface area (Å²) in [6.07, 6.45) is 4.06. The first kappa shape index (κ1) is 29.6. The van der Waals surface area contributed by atoms with Crippen molar-refractivity contribution in [3.8, 4) is 5.75 Å². The van der Waals surface area contributed by atoms with Crippen LogP contribution >= 0.6 is 23.5 Å². The summed E-state index contributed by atoms with van der Waals surface area (Å²) in [7, 11) is 1.32. The molecular weight excluding hydrogens is 519 g/mol. The second kappa shape index (κ2) is 13.2. The molecule has 1 heterocycles. The Morgan fingerprint density at radius 3 is 2.30 bits per heavy atom. The van der Waals surface area contributed by atoms with Crippen molar-refractivity contribution >= 4 is 40.9 Å². The van der Waals surface area contributed by atoms with Crippen LogP contribution < -0.4 is 9.64 Å². The van der Waals surface area contributed by atoms with Gasteiger partial charge in [-0.1, -0.05) is 39.5 Å². The van der Waals surface area contributed by atoms with Crippen molar-refractivity contribution in [2.24, 2.45) is 5.41 Å². The van der Waals surface area contributed by atoms with Crippen LogP contribution in [-0.4, -0.2) is 38.2 Å². The lowest BCUT2D eigenvalue weighted by Crippen LogP contribution is -2.36. The number of rotatable bonds is 11. The van der Waals surface area contributed by atoms with E-state index in [0.29, 0.717) is 5.75 Å². The first-order chi connectivity index (χ1) is 17.7. The average Bonchev–Trinajstić information content (AvgIpc) is 3.05. The summed E-state index contributed by atoms with van der Waals surface area (Å²) in [6.45, 7) is 4.92. The highest BCUT2D eigenvalue weighted by atomic mass is 32.2. The number of ether oxygens (including phenoxy) is 2. The highest BCUT2D eigenvalue weighted by molar-refractivity contribution is 7.99. The predicted molar refractivity (Wildman–Crippen MR) is 146 cm³/mol. The van der Waals surface area contributed by atoms with Crippen LogP contribution in [0.15, 0.2) is 46.2 Å². The molecule has 1 aliphatic heterocycles. The first-order valence-corrected chi connectivity index (χ1v) is 14.9. The highest BCUT2D eigenvalue weighted by Gasteiger charge is 2.37. The van der Waals surface area contributed by atoms with Crippen LogP contribution in [0.3, 0.4) is 0 Å². The lowest BCUT2D eigenvalue weighted by molar-refractivity contribution is -0.143. The number of esters is 1. The molecule has 2 aromatic carbocycles. The van der Waals surface area contributed by atoms with Gasteiger partial charge in [0.15, 0.2) is 6.61 Å². The van der Waals surface area contributed by atoms with E-state index in [0.717, 1.165) is 84.1 Å². The average molecular weight is 556 g/mol. The minimum Gasteiger partial charge on any atom is -0.481 e. The summed E-state index contributed by atoms with van der Waals surface area (Å²) in [5.41, 5.74) is 1.06. The number of methoxy groups -OCH3 is 1. The molecule has 0 aliphatic carbocycles. The van der Waals surface area contributed by atoms with E-state index in [1.165, 1.54) is 18.9 Å². The molecule has 0 N–H and O–H groups in total. The molecule has 0 amide bonds. The van der Waals surface area contributed by atoms with Crippen molar-refractivity contribution in [2.45, 2.75) is 68.3 Å². The zero-order chi connectivity index (χ0) is 27.1. The number of benzene rings is 2. The van der Waals surface area contributed by atoms with Crippen molar-refractivity contribution in [3.63, 3.8) is 0 Å². The van der Waals surface area contributed by atoms with Gasteiger partial charge >= 0.3 is 12.1 Å². The van der Waals surface area contributed by atoms with E-state index in [9.17, 15) is 18.0 Å². The van der Waals surface area contributed by atoms with Gasteiger partial charge in [0, 0.05) is 22.9 Å². The smallest absolute Gasteiger partial charge is 0.416 e. The Labute approximate surface area is 226 Å². The lowest BCUT2D eigenvalue weighted by atomic mass is 9.79. The van der Waals surface area contributed by atoms with E-state index < -0.39 is 17.7 Å². The number of nitrogens with zero attached hydrogens (tertiary/aromatic N) is 1. The number of alkyl halides is 3. The molecule has 0 saturated heterocycles. The fourth-order valence-electron chi connectivity index (χ4n) is 4.61. The molecular formula is C28H36F3NO3S2. The number of fused-ring (bicyclic) bond motifs is 1. The molecule has 0 bridgehead atoms. The van der Waals surface area contributed by atoms with Gasteiger partial charge in [-0.2, -0.15) is 13.2 Å². The summed E-state index contributed by atoms with van der Waals surface area (Å²) >= 11 is 3.27. The Hall–Kier alpha value is -2.00. The quantitative estimate of drug-likeness (QED) is 0.204. The standard InChI is InChI=1S/C28H36F3NO3S2/c1-5-7-13-27(14-8-6-2)18-32(21-11-9-20(10-12-21)28(29,30)31)22-15-25(36-4)23(16-24(22)37-19-27)35-17-26(33)34-3/h9-12,15-16H,5-8,13-14,17-19H2,1-4H3. The van der Waals surface area contributed by atoms with Gasteiger partial charge in [-0.3, -0.25) is 0 Å². The van der Waals surface area contributed by atoms with Crippen molar-refractivity contribution < 1.29 is 27.4 Å². The minimum absolute atomic E-state index is 0.0188. The maximum Gasteiger partial charge on any atom is 0.416 e. The molecule has 1 aliphatic rings. The van der Waals surface area contributed by atoms with E-state index in [1.807, 2.05) is 18.4 Å². The van der Waals surface area contributed by atoms with Crippen LogP contribution in [-0.2, 0) is 15.7 Å². The Kier molecular flexibility index (Phi) is 10.5. The Morgan fingerprint density at radius 1 is 1.11 bits per heavy atom. The normalized spacial score (nSPS) is 15.2. The third kappa shape index (κ3) is 7.53. The molecule has 0 aromatic heterocycles. The third-order valence-corrected chi connectivity index (χ3v) is 8.92. The summed E-state index contributed by atoms with van der Waals surface area (Å²) in [4.78, 5) is 15.7. The monoisotopic (exact) mass is 555 g/mol. The molecule has 204 valence electrons. The molecule has 0 atom stereocenters. The Morgan fingerprint density at radius 2 is 1.76 bits per heavy atom. The fraction of sp³-hybridized carbons (Fsp3) is 0.536. The molecule has 0 unspecified atom stereocenters. The van der Waals surface area contributed by atoms with Crippen molar-refractivity contribution in [3.05, 3.63) is 42.0 Å². The van der Waals surface area contributed by atoms with Gasteiger partial charge in [-0.05, 0) is 60.9 Å². The molecule has 4 nitrogen and oxygen atoms in total. The number of hydrogen-bond acceptors (Lipinski definition) is 6. The van der Waals surface area contributed by atoms with Gasteiger partial charge in [0.2, 0.25) is 0 Å². The third-order valence-electron chi connectivity index (χ3n) is 6.76. The summed E-state index contributed by atoms with van der Waals surface area (Å²) in [6, 6.07) is 9.47. The number of thioether (sulfide) groups is 2. The molecule has 37 heavy (non-hydrogen) atoms. The summed E-state index contributed by atoms with van der Waals surface area (Å²) < 4.78 is 50.4. The predicted octanol–water partition coefficient (Wildman–Crippen LogP) is 8.59. The molecule has 0 saturated carbocycles. The fourth-order valence-corrected chi connectivity index (χ4v) is 6.51. The van der Waals surface area contributed by atoms with Gasteiger partial charge in [0.1, 0.15) is 5.75 Å². The maximum atomic E-state index is 13.3. The number of carbonyl (C=O) groups is 1. The lowest BCUT2D eigenvalue weighted by Gasteiger charge is -2.38. The van der Waals surface area contributed by atoms with Crippen LogP contribution in [0.25, 0.3) is 0 Å². The van der Waals surface area contributed by atoms with Crippen LogP contribution in [0.1, 0.15) is 57.9 Å². The van der Waals surface area contributed by atoms with E-state index in [-0.39, 0.29) is 12.0 Å². The number of hydrogen-bond donors (Lipinski definition) is 0. The molecule has 2 aromatic rings. The SMILES string of the molecule is CCCCC1(CCCC)CSc2cc(OCC(=O)OC)c(SC)cc2N(c2ccc(C(F)(F)F)cc2)C1. The zero-order valence-electron chi connectivity index (χ0n) is 22.0. The Balaban J connectivity index is 2.10. The molecule has 9 heteroatoms. The number of unbranched alkanes of at least 4 members (excludes halogenated alkanes) is 2. The minimum atomic E-state index is -4.38. The van der Waals surface area contributed by atoms with Crippen LogP contribution in [0, 0.1) is 5.41 Å². The van der Waals surface area contributed by atoms with Crippen LogP contribution in [0.2, 0.25) is 0 Å². The van der Waals surface area contributed by atoms with Gasteiger partial charge in [-0.25, -0.2) is 4.79 Å². The maximum absolute atomic E-state index is 13.3. The Bertz CT molecular complexity index is 1040. The second-order valence-corrected chi connectivity index (χ2v) is 11.3. The molecule has 0 spiro atoms. The highest BCUT2D eigenvalue weighted by Crippen LogP contribution is 2.50. The largest absolute Gasteiger partial charge is 0.481 e. The van der Waals surface area contributed by atoms with Crippen LogP contribution in [0.5, 0.6) is 5.75 Å². The van der Waals surface area contributed by atoms with Crippen molar-refractivity contribution in [2.75, 3.05) is 37.2 Å². The van der Waals surface area contributed by atoms with Crippen molar-refractivity contribution in [1.82, 2.24) is 0 Å². The van der Waals surface area contributed by atoms with Gasteiger partial charge in [0.25, 0.3) is 0 Å². The topological polar surface area (TPSA) is 38.8 Å². The van der Waals surface area contributed by atoms with E-state index in [2.05, 4.69) is 18.7 Å². The number of anilines is 2. The molecule has 0 radical (unpaired) electrons. The van der Waals surface area contributed by atoms with E-state index >= 15 is 0 Å². The summed E-state index contributed by atoms with van der Waals surface area (Å²) in [5.74, 6) is 1.05. The first-order valence-electron chi connectivity index (χ1n) is 12.7. The van der Waals surface area contributed by atoms with Crippen molar-refractivity contribution in [1.29, 1.82) is 0 Å². The van der Waals surface area contributed by atoms with Gasteiger partial charge < -0.3 is 14.4 Å². The van der Waals surface area contributed by atoms with Crippen LogP contribution in [0.4, 0.5) is 24.5 Å². The number of carbonyl (C=O) groups excluding carboxylic acids is 1. The van der Waals surface area contributed by atoms with Gasteiger partial charge in [0.05, 0.1) is 23.3 Å². The number of halogens is 3. The summed E-state index contributed by atoms with van der Waals surface area (Å²) in [5, 5.41) is 0. The van der Waals surface area contributed by atoms with E-state index in [4.69, 9.17) is 9.47 Å². The van der Waals surface area contributed by atoms with Gasteiger partial charge in [-0.15, -0.1) is 23.5 Å². The van der Waals surface area contributed by atoms with E-state index in [1.54, 1.807) is 23.9 Å². The second-order valence-electron chi connectivity index (χ2n) is 9.46. The molecule has 3 rings (SSSR count).